The van der Waals surface area contributed by atoms with E-state index in [9.17, 15) is 9.59 Å². The van der Waals surface area contributed by atoms with Crippen molar-refractivity contribution in [2.24, 2.45) is 0 Å². The minimum Gasteiger partial charge on any atom is -0.484 e. The van der Waals surface area contributed by atoms with Crippen LogP contribution in [0.2, 0.25) is 0 Å². The van der Waals surface area contributed by atoms with Gasteiger partial charge in [0.2, 0.25) is 5.91 Å². The molecule has 0 saturated carbocycles. The first-order valence-electron chi connectivity index (χ1n) is 13.8. The molecule has 0 bridgehead atoms. The van der Waals surface area contributed by atoms with Crippen LogP contribution in [0, 0.1) is 6.92 Å². The van der Waals surface area contributed by atoms with Crippen LogP contribution < -0.4 is 9.64 Å². The molecule has 0 saturated heterocycles. The molecule has 0 N–H and O–H groups in total. The van der Waals surface area contributed by atoms with E-state index in [4.69, 9.17) is 4.74 Å². The van der Waals surface area contributed by atoms with E-state index in [1.54, 1.807) is 11.0 Å². The number of para-hydroxylation sites is 2. The quantitative estimate of drug-likeness (QED) is 0.437. The summed E-state index contributed by atoms with van der Waals surface area (Å²) in [6.45, 7) is 10.3. The highest BCUT2D eigenvalue weighted by Gasteiger charge is 2.25. The molecule has 3 aromatic rings. The summed E-state index contributed by atoms with van der Waals surface area (Å²) in [6.07, 6.45) is 5.12. The molecule has 0 aliphatic carbocycles. The summed E-state index contributed by atoms with van der Waals surface area (Å²) in [7, 11) is 0. The molecule has 0 fully saturated rings. The Balaban J connectivity index is 1.57. The molecule has 0 radical (unpaired) electrons. The monoisotopic (exact) mass is 532 g/mol. The molecule has 0 atom stereocenters. The fraction of sp³-hybridized carbons (Fsp3) is 0.467. The lowest BCUT2D eigenvalue weighted by Crippen LogP contribution is -2.41. The van der Waals surface area contributed by atoms with E-state index >= 15 is 0 Å². The van der Waals surface area contributed by atoms with Gasteiger partial charge in [-0.1, -0.05) is 36.4 Å². The minimum atomic E-state index is -0.0875. The van der Waals surface area contributed by atoms with Crippen LogP contribution in [-0.2, 0) is 22.7 Å². The van der Waals surface area contributed by atoms with Crippen LogP contribution in [0.15, 0.2) is 61.2 Å². The first kappa shape index (κ1) is 28.3. The molecular formula is C30H40N6O3. The Labute approximate surface area is 231 Å². The van der Waals surface area contributed by atoms with Gasteiger partial charge in [-0.05, 0) is 56.9 Å². The zero-order chi connectivity index (χ0) is 27.6. The van der Waals surface area contributed by atoms with Crippen LogP contribution in [0.5, 0.6) is 5.75 Å². The number of carbonyl (C=O) groups excluding carboxylic acids is 2. The Bertz CT molecular complexity index is 1200. The van der Waals surface area contributed by atoms with Crippen LogP contribution in [0.25, 0.3) is 0 Å². The van der Waals surface area contributed by atoms with Gasteiger partial charge in [-0.3, -0.25) is 19.2 Å². The van der Waals surface area contributed by atoms with Gasteiger partial charge >= 0.3 is 0 Å². The third-order valence-electron chi connectivity index (χ3n) is 7.17. The minimum absolute atomic E-state index is 0.0450. The molecule has 9 nitrogen and oxygen atoms in total. The Morgan fingerprint density at radius 3 is 2.54 bits per heavy atom. The Hall–Kier alpha value is -3.72. The molecule has 1 aliphatic rings. The second-order valence-corrected chi connectivity index (χ2v) is 10.3. The van der Waals surface area contributed by atoms with Crippen molar-refractivity contribution in [2.45, 2.75) is 59.2 Å². The normalized spacial score (nSPS) is 15.1. The van der Waals surface area contributed by atoms with Crippen LogP contribution >= 0.6 is 0 Å². The third-order valence-corrected chi connectivity index (χ3v) is 7.17. The largest absolute Gasteiger partial charge is 0.484 e. The molecule has 1 aliphatic heterocycles. The maximum absolute atomic E-state index is 13.6. The smallest absolute Gasteiger partial charge is 0.264 e. The number of hydrogen-bond acceptors (Lipinski definition) is 6. The number of nitrogens with zero attached hydrogens (tertiary/aromatic N) is 6. The van der Waals surface area contributed by atoms with Gasteiger partial charge in [0.15, 0.2) is 6.61 Å². The maximum atomic E-state index is 13.6. The number of ether oxygens (including phenoxy) is 1. The number of fused-ring (bicyclic) bond motifs is 1. The summed E-state index contributed by atoms with van der Waals surface area (Å²) in [5, 5.41) is 4.14. The molecule has 4 rings (SSSR count). The number of aromatic nitrogens is 3. The Kier molecular flexibility index (Phi) is 10.1. The van der Waals surface area contributed by atoms with E-state index in [-0.39, 0.29) is 18.4 Å². The van der Waals surface area contributed by atoms with E-state index in [0.29, 0.717) is 50.8 Å². The topological polar surface area (TPSA) is 83.8 Å². The molecule has 0 spiro atoms. The molecule has 9 heteroatoms. The summed E-state index contributed by atoms with van der Waals surface area (Å²) in [6, 6.07) is 15.8. The number of benzene rings is 2. The van der Waals surface area contributed by atoms with Crippen molar-refractivity contribution in [3.8, 4) is 5.75 Å². The van der Waals surface area contributed by atoms with Crippen LogP contribution in [0.1, 0.15) is 44.2 Å². The first-order chi connectivity index (χ1) is 18.9. The third kappa shape index (κ3) is 7.89. The second-order valence-electron chi connectivity index (χ2n) is 10.3. The lowest BCUT2D eigenvalue weighted by molar-refractivity contribution is -0.132. The van der Waals surface area contributed by atoms with Crippen molar-refractivity contribution in [2.75, 3.05) is 37.7 Å². The van der Waals surface area contributed by atoms with Crippen molar-refractivity contribution in [1.29, 1.82) is 0 Å². The molecule has 2 heterocycles. The van der Waals surface area contributed by atoms with Crippen molar-refractivity contribution in [3.63, 3.8) is 0 Å². The van der Waals surface area contributed by atoms with Gasteiger partial charge in [-0.15, -0.1) is 0 Å². The van der Waals surface area contributed by atoms with Gasteiger partial charge in [0.05, 0.1) is 5.69 Å². The molecule has 2 amide bonds. The van der Waals surface area contributed by atoms with Crippen molar-refractivity contribution in [1.82, 2.24) is 24.6 Å². The van der Waals surface area contributed by atoms with Gasteiger partial charge in [0, 0.05) is 51.7 Å². The summed E-state index contributed by atoms with van der Waals surface area (Å²) in [4.78, 5) is 37.3. The highest BCUT2D eigenvalue weighted by molar-refractivity contribution is 5.96. The van der Waals surface area contributed by atoms with E-state index in [2.05, 4.69) is 28.8 Å². The number of aryl methyl sites for hydroxylation is 2. The zero-order valence-corrected chi connectivity index (χ0v) is 23.3. The number of anilines is 1. The van der Waals surface area contributed by atoms with Crippen molar-refractivity contribution >= 4 is 17.5 Å². The van der Waals surface area contributed by atoms with Gasteiger partial charge in [-0.2, -0.15) is 5.10 Å². The average Bonchev–Trinajstić information content (AvgIpc) is 3.44. The molecule has 2 aromatic carbocycles. The first-order valence-corrected chi connectivity index (χ1v) is 13.8. The highest BCUT2D eigenvalue weighted by atomic mass is 16.5. The highest BCUT2D eigenvalue weighted by Crippen LogP contribution is 2.28. The number of carbonyl (C=O) groups is 2. The predicted octanol–water partition coefficient (Wildman–Crippen LogP) is 3.92. The van der Waals surface area contributed by atoms with Gasteiger partial charge in [0.1, 0.15) is 18.4 Å². The fourth-order valence-electron chi connectivity index (χ4n) is 5.04. The van der Waals surface area contributed by atoms with Crippen molar-refractivity contribution in [3.05, 3.63) is 72.3 Å². The SMILES string of the molecule is Cc1cccc2c1N(C(=O)COc1ccccc1)CCCN(C(C)C)CCN(C(=O)CCCn1cncn1)C2. The Morgan fingerprint density at radius 1 is 0.974 bits per heavy atom. The summed E-state index contributed by atoms with van der Waals surface area (Å²) in [5.41, 5.74) is 2.88. The lowest BCUT2D eigenvalue weighted by atomic mass is 10.0. The van der Waals surface area contributed by atoms with E-state index in [1.165, 1.54) is 6.33 Å². The van der Waals surface area contributed by atoms with Crippen molar-refractivity contribution < 1.29 is 14.3 Å². The van der Waals surface area contributed by atoms with Crippen LogP contribution in [0.4, 0.5) is 5.69 Å². The summed E-state index contributed by atoms with van der Waals surface area (Å²) in [5.74, 6) is 0.689. The van der Waals surface area contributed by atoms with Crippen LogP contribution in [-0.4, -0.2) is 75.2 Å². The standard InChI is InChI=1S/C30H40N6O3/c1-24(2)33-15-9-17-36(29(38)21-39-27-12-5-4-6-13-27)30-25(3)10-7-11-26(30)20-34(19-18-33)28(37)14-8-16-35-23-31-22-32-35/h4-7,10-13,22-24H,8-9,14-21H2,1-3H3. The zero-order valence-electron chi connectivity index (χ0n) is 23.3. The van der Waals surface area contributed by atoms with Crippen LogP contribution in [0.3, 0.4) is 0 Å². The molecule has 1 aromatic heterocycles. The number of hydrogen-bond donors (Lipinski definition) is 0. The van der Waals surface area contributed by atoms with E-state index in [0.717, 1.165) is 36.3 Å². The van der Waals surface area contributed by atoms with E-state index < -0.39 is 0 Å². The second kappa shape index (κ2) is 13.9. The maximum Gasteiger partial charge on any atom is 0.264 e. The molecular weight excluding hydrogens is 492 g/mol. The van der Waals surface area contributed by atoms with Gasteiger partial charge in [-0.25, -0.2) is 4.98 Å². The predicted molar refractivity (Wildman–Crippen MR) is 151 cm³/mol. The van der Waals surface area contributed by atoms with Gasteiger partial charge in [0.25, 0.3) is 5.91 Å². The number of amides is 2. The number of rotatable bonds is 8. The Morgan fingerprint density at radius 2 is 1.79 bits per heavy atom. The lowest BCUT2D eigenvalue weighted by Gasteiger charge is -2.30. The fourth-order valence-corrected chi connectivity index (χ4v) is 5.04. The molecule has 39 heavy (non-hydrogen) atoms. The summed E-state index contributed by atoms with van der Waals surface area (Å²) < 4.78 is 7.59. The van der Waals surface area contributed by atoms with E-state index in [1.807, 2.05) is 65.3 Å². The average molecular weight is 533 g/mol. The molecule has 0 unspecified atom stereocenters. The van der Waals surface area contributed by atoms with Gasteiger partial charge < -0.3 is 14.5 Å². The molecule has 208 valence electrons. The summed E-state index contributed by atoms with van der Waals surface area (Å²) >= 11 is 0.